The van der Waals surface area contributed by atoms with Gasteiger partial charge < -0.3 is 28.7 Å². The Morgan fingerprint density at radius 3 is 1.06 bits per heavy atom. The number of aromatic nitrogens is 4. The zero-order chi connectivity index (χ0) is 74.7. The van der Waals surface area contributed by atoms with Gasteiger partial charge in [-0.15, -0.1) is 0 Å². The van der Waals surface area contributed by atoms with Crippen molar-refractivity contribution in [2.75, 3.05) is 22.0 Å². The van der Waals surface area contributed by atoms with Crippen LogP contribution in [-0.2, 0) is 53.1 Å². The van der Waals surface area contributed by atoms with Gasteiger partial charge in [-0.1, -0.05) is 119 Å². The number of sulfonamides is 1. The number of nitrogen functional groups attached to an aromatic ring is 1. The molecule has 0 radical (unpaired) electrons. The third kappa shape index (κ3) is 22.9. The summed E-state index contributed by atoms with van der Waals surface area (Å²) in [5.41, 5.74) is 16.4. The number of fused-ring (bicyclic) bond motifs is 4. The lowest BCUT2D eigenvalue weighted by Crippen LogP contribution is -2.27. The summed E-state index contributed by atoms with van der Waals surface area (Å²) in [4.78, 5) is 87.8. The fraction of sp³-hybridized carbons (Fsp3) is 0.176. The van der Waals surface area contributed by atoms with Gasteiger partial charge in [0.15, 0.2) is 0 Å². The van der Waals surface area contributed by atoms with Crippen LogP contribution in [-0.4, -0.2) is 74.2 Å². The molecule has 1 amide bonds. The number of nitrogens with zero attached hydrogens (tertiary/aromatic N) is 5. The van der Waals surface area contributed by atoms with Gasteiger partial charge in [0.2, 0.25) is 10.0 Å². The molecular weight excluding hydrogens is 1400 g/mol. The fourth-order valence-electron chi connectivity index (χ4n) is 10.7. The van der Waals surface area contributed by atoms with Crippen molar-refractivity contribution in [3.05, 3.63) is 271 Å². The summed E-state index contributed by atoms with van der Waals surface area (Å²) >= 11 is 23.8. The van der Waals surface area contributed by atoms with E-state index in [2.05, 4.69) is 81.9 Å². The van der Waals surface area contributed by atoms with Gasteiger partial charge >= 0.3 is 30.7 Å². The Bertz CT molecular complexity index is 4960. The maximum atomic E-state index is 12.1. The number of carbonyl (C=O) groups excluding carboxylic acids is 9. The molecule has 12 aromatic rings. The summed E-state index contributed by atoms with van der Waals surface area (Å²) in [6, 6.07) is 62.2. The third-order valence-corrected chi connectivity index (χ3v) is 16.9. The third-order valence-electron chi connectivity index (χ3n) is 15.3. The Hall–Kier alpha value is -11.2. The number of anilines is 3. The van der Waals surface area contributed by atoms with E-state index in [1.807, 2.05) is 190 Å². The first-order valence-electron chi connectivity index (χ1n) is 30.2. The molecule has 522 valence electrons. The van der Waals surface area contributed by atoms with E-state index >= 15 is 0 Å². The van der Waals surface area contributed by atoms with Crippen molar-refractivity contribution in [2.24, 2.45) is 0 Å². The first-order chi connectivity index (χ1) is 48.0. The summed E-state index contributed by atoms with van der Waals surface area (Å²) in [7, 11) is -3.31. The number of benzene rings is 8. The van der Waals surface area contributed by atoms with Crippen LogP contribution in [0, 0.1) is 10.1 Å². The van der Waals surface area contributed by atoms with Crippen LogP contribution in [0.3, 0.4) is 0 Å². The number of ether oxygens (including phenoxy) is 1. The Labute approximate surface area is 600 Å². The van der Waals surface area contributed by atoms with Crippen LogP contribution >= 0.6 is 46.4 Å². The van der Waals surface area contributed by atoms with Crippen molar-refractivity contribution in [2.45, 2.75) is 78.2 Å². The van der Waals surface area contributed by atoms with Gasteiger partial charge in [-0.05, 0) is 186 Å². The van der Waals surface area contributed by atoms with Gasteiger partial charge in [0, 0.05) is 72.8 Å². The molecule has 0 saturated heterocycles. The highest BCUT2D eigenvalue weighted by Gasteiger charge is 2.21. The Morgan fingerprint density at radius 1 is 0.455 bits per heavy atom. The lowest BCUT2D eigenvalue weighted by Gasteiger charge is -2.20. The molecule has 0 spiro atoms. The molecule has 4 aromatic heterocycles. The largest absolute Gasteiger partial charge is 0.444 e. The molecule has 4 N–H and O–H groups in total. The molecule has 8 aromatic carbocycles. The minimum Gasteiger partial charge on any atom is -0.444 e. The minimum absolute atomic E-state index is 0.0711. The van der Waals surface area contributed by atoms with Gasteiger partial charge in [-0.3, -0.25) is 20.2 Å². The number of non-ortho nitro benzene ring substituents is 1. The van der Waals surface area contributed by atoms with E-state index in [4.69, 9.17) is 95.2 Å². The molecule has 0 aliphatic rings. The number of nitro benzene ring substituents is 1. The maximum absolute atomic E-state index is 12.1. The molecule has 4 heterocycles. The van der Waals surface area contributed by atoms with Crippen molar-refractivity contribution in [1.82, 2.24) is 18.3 Å². The van der Waals surface area contributed by atoms with E-state index in [1.54, 1.807) is 18.2 Å². The molecule has 0 fully saturated rings. The van der Waals surface area contributed by atoms with Crippen molar-refractivity contribution in [3.63, 3.8) is 0 Å². The Kier molecular flexibility index (Phi) is 30.5. The number of nitrogens with one attached hydrogen (secondary N) is 2. The van der Waals surface area contributed by atoms with Gasteiger partial charge in [0.25, 0.3) is 5.69 Å². The number of amides is 1. The first-order valence-corrected chi connectivity index (χ1v) is 33.7. The highest BCUT2D eigenvalue weighted by Crippen LogP contribution is 2.35. The van der Waals surface area contributed by atoms with Crippen LogP contribution < -0.4 is 15.8 Å². The smallest absolute Gasteiger partial charge is 0.412 e. The predicted octanol–water partition coefficient (Wildman–Crippen LogP) is 17.5. The SMILES string of the molecule is CC(c1ccc(Cl)cc1)n1ccc2c(N)cccc21.CC(c1ccc(Cl)cc1)n1ccc2c(NC(=O)OC(C)(C)C)cccc21.CC(c1ccc(Cl)cc1)n1ccc2c(NS(C)(=O)=O)cccc21.CC(c1ccc(Cl)cc1)n1ccc2c([N+](=O)[O-])cccc21.O=C=O.O=C=O.O=C=O.O=C=O. The Morgan fingerprint density at radius 2 is 0.733 bits per heavy atom. The minimum atomic E-state index is -3.31. The zero-order valence-corrected chi connectivity index (χ0v) is 59.4. The summed E-state index contributed by atoms with van der Waals surface area (Å²) in [6.45, 7) is 14.0. The number of rotatable bonds is 12. The molecule has 12 rings (SSSR count). The first kappa shape index (κ1) is 80.5. The lowest BCUT2D eigenvalue weighted by molar-refractivity contribution is -0.383. The van der Waals surface area contributed by atoms with E-state index in [9.17, 15) is 23.3 Å². The maximum Gasteiger partial charge on any atom is 0.412 e. The van der Waals surface area contributed by atoms with E-state index in [-0.39, 0.29) is 59.4 Å². The van der Waals surface area contributed by atoms with Crippen LogP contribution in [0.4, 0.5) is 27.5 Å². The molecule has 101 heavy (non-hydrogen) atoms. The van der Waals surface area contributed by atoms with E-state index < -0.39 is 21.7 Å². The second kappa shape index (κ2) is 38.3. The number of nitro groups is 1. The Balaban J connectivity index is 0.000000231. The van der Waals surface area contributed by atoms with Gasteiger partial charge in [0.05, 0.1) is 74.2 Å². The highest BCUT2D eigenvalue weighted by atomic mass is 35.5. The molecular formula is C74H68Cl4N8O14S. The molecule has 0 aliphatic heterocycles. The van der Waals surface area contributed by atoms with Crippen molar-refractivity contribution in [1.29, 1.82) is 0 Å². The van der Waals surface area contributed by atoms with E-state index in [0.29, 0.717) is 21.1 Å². The van der Waals surface area contributed by atoms with Crippen LogP contribution in [0.2, 0.25) is 20.1 Å². The molecule has 0 saturated carbocycles. The van der Waals surface area contributed by atoms with Gasteiger partial charge in [-0.25, -0.2) is 13.2 Å². The standard InChI is InChI=1S/C21H23ClN2O2.C17H17ClN2O2S.C16H13ClN2O2.C16H15ClN2.4CO2/c1-14(15-8-10-16(22)11-9-15)24-13-12-17-18(6-5-7-19(17)24)23-20(25)26-21(2,3)4;1-12(13-6-8-14(18)9-7-13)20-11-10-15-16(19-23(2,21)22)4-3-5-17(15)20;1-11(12-5-7-13(17)8-6-12)18-10-9-14-15(18)3-2-4-16(14)19(20)21;1-11(12-5-7-13(17)8-6-12)19-10-9-14-15(18)3-2-4-16(14)19;4*2-1-3/h5-14H,1-4H3,(H,23,25);3-12,19H,1-2H3;2-11H,1H3;2-11H,18H2,1H3;;;;. The van der Waals surface area contributed by atoms with Gasteiger partial charge in [-0.2, -0.15) is 38.4 Å². The number of halogens is 4. The normalized spacial score (nSPS) is 11.6. The van der Waals surface area contributed by atoms with Crippen LogP contribution in [0.1, 0.15) is 94.9 Å². The summed E-state index contributed by atoms with van der Waals surface area (Å²) in [5, 5.41) is 20.4. The average molecular weight is 1470 g/mol. The topological polar surface area (TPSA) is 310 Å². The van der Waals surface area contributed by atoms with Crippen molar-refractivity contribution >= 4 is 153 Å². The molecule has 27 heteroatoms. The van der Waals surface area contributed by atoms with Crippen molar-refractivity contribution in [3.8, 4) is 0 Å². The highest BCUT2D eigenvalue weighted by molar-refractivity contribution is 7.92. The molecule has 4 unspecified atom stereocenters. The van der Waals surface area contributed by atoms with Crippen LogP contribution in [0.25, 0.3) is 43.6 Å². The summed E-state index contributed by atoms with van der Waals surface area (Å²) < 4.78 is 39.5. The number of hydrogen-bond donors (Lipinski definition) is 3. The molecule has 4 atom stereocenters. The lowest BCUT2D eigenvalue weighted by atomic mass is 10.1. The number of hydrogen-bond acceptors (Lipinski definition) is 15. The second-order valence-corrected chi connectivity index (χ2v) is 26.4. The zero-order valence-electron chi connectivity index (χ0n) is 55.5. The second-order valence-electron chi connectivity index (χ2n) is 22.9. The molecule has 0 bridgehead atoms. The quantitative estimate of drug-likeness (QED) is 0.0582. The average Bonchev–Trinajstić information content (AvgIpc) is 1.69. The number of nitrogens with two attached hydrogens (primary N) is 1. The predicted molar refractivity (Wildman–Crippen MR) is 388 cm³/mol. The summed E-state index contributed by atoms with van der Waals surface area (Å²) in [6.07, 6.45) is 9.67. The van der Waals surface area contributed by atoms with E-state index in [0.717, 1.165) is 82.6 Å². The fourth-order valence-corrected chi connectivity index (χ4v) is 11.8. The molecule has 22 nitrogen and oxygen atoms in total. The summed E-state index contributed by atoms with van der Waals surface area (Å²) in [5.74, 6) is 0. The van der Waals surface area contributed by atoms with Gasteiger partial charge in [0.1, 0.15) is 5.60 Å². The van der Waals surface area contributed by atoms with Crippen LogP contribution in [0.15, 0.2) is 219 Å². The van der Waals surface area contributed by atoms with Crippen LogP contribution in [0.5, 0.6) is 0 Å². The number of carbonyl (C=O) groups is 1. The monoisotopic (exact) mass is 1460 g/mol. The molecule has 0 aliphatic carbocycles. The van der Waals surface area contributed by atoms with E-state index in [1.165, 1.54) is 11.6 Å². The van der Waals surface area contributed by atoms with Crippen molar-refractivity contribution < 1.29 is 61.2 Å².